The van der Waals surface area contributed by atoms with E-state index < -0.39 is 9.84 Å². The van der Waals surface area contributed by atoms with Crippen LogP contribution in [0.3, 0.4) is 0 Å². The van der Waals surface area contributed by atoms with Gasteiger partial charge in [0.05, 0.1) is 48.4 Å². The summed E-state index contributed by atoms with van der Waals surface area (Å²) in [5.74, 6) is 0.673. The van der Waals surface area contributed by atoms with Crippen molar-refractivity contribution in [3.63, 3.8) is 0 Å². The van der Waals surface area contributed by atoms with Crippen molar-refractivity contribution in [2.24, 2.45) is 0 Å². The average molecular weight is 392 g/mol. The molecule has 1 amide bonds. The third-order valence-corrected chi connectivity index (χ3v) is 7.41. The van der Waals surface area contributed by atoms with E-state index in [0.29, 0.717) is 41.1 Å². The fraction of sp³-hybridized carbons (Fsp3) is 0.562. The van der Waals surface area contributed by atoms with Gasteiger partial charge in [0.15, 0.2) is 9.84 Å². The predicted octanol–water partition coefficient (Wildman–Crippen LogP) is 0.450. The Morgan fingerprint density at radius 2 is 1.92 bits per heavy atom. The molecule has 1 N–H and O–H groups in total. The molecule has 1 atom stereocenters. The van der Waals surface area contributed by atoms with Gasteiger partial charge in [-0.25, -0.2) is 8.42 Å². The molecule has 3 rings (SSSR count). The van der Waals surface area contributed by atoms with Gasteiger partial charge in [-0.2, -0.15) is 0 Å². The third kappa shape index (κ3) is 4.23. The minimum absolute atomic E-state index is 0.0754. The molecular formula is C16H21Cl2N2O3S+. The van der Waals surface area contributed by atoms with E-state index in [1.165, 1.54) is 4.90 Å². The first-order chi connectivity index (χ1) is 11.3. The number of sulfone groups is 1. The van der Waals surface area contributed by atoms with Crippen LogP contribution in [0, 0.1) is 0 Å². The van der Waals surface area contributed by atoms with E-state index in [2.05, 4.69) is 0 Å². The maximum atomic E-state index is 12.4. The molecule has 0 bridgehead atoms. The van der Waals surface area contributed by atoms with Crippen molar-refractivity contribution in [3.05, 3.63) is 33.8 Å². The second kappa shape index (κ2) is 7.20. The molecule has 1 aromatic carbocycles. The maximum absolute atomic E-state index is 12.4. The van der Waals surface area contributed by atoms with E-state index >= 15 is 0 Å². The highest BCUT2D eigenvalue weighted by molar-refractivity contribution is 7.91. The number of carbonyl (C=O) groups is 1. The summed E-state index contributed by atoms with van der Waals surface area (Å²) >= 11 is 11.9. The highest BCUT2D eigenvalue weighted by Gasteiger charge is 2.37. The number of hydrogen-bond donors (Lipinski definition) is 1. The van der Waals surface area contributed by atoms with E-state index in [1.807, 2.05) is 11.0 Å². The van der Waals surface area contributed by atoms with Crippen LogP contribution in [0.1, 0.15) is 12.0 Å². The molecule has 0 spiro atoms. The number of benzene rings is 1. The molecule has 8 heteroatoms. The Kier molecular flexibility index (Phi) is 5.39. The summed E-state index contributed by atoms with van der Waals surface area (Å²) in [5.41, 5.74) is 0.853. The van der Waals surface area contributed by atoms with Crippen molar-refractivity contribution in [2.75, 3.05) is 37.7 Å². The summed E-state index contributed by atoms with van der Waals surface area (Å²) in [6.45, 7) is 2.97. The minimum atomic E-state index is -2.85. The lowest BCUT2D eigenvalue weighted by molar-refractivity contribution is -0.925. The summed E-state index contributed by atoms with van der Waals surface area (Å²) in [4.78, 5) is 15.6. The van der Waals surface area contributed by atoms with Crippen LogP contribution in [0.25, 0.3) is 0 Å². The Hall–Kier alpha value is -0.820. The summed E-state index contributed by atoms with van der Waals surface area (Å²) < 4.78 is 23.2. The van der Waals surface area contributed by atoms with Crippen LogP contribution in [-0.2, 0) is 21.1 Å². The lowest BCUT2D eigenvalue weighted by Gasteiger charge is -2.35. The first kappa shape index (κ1) is 18.0. The van der Waals surface area contributed by atoms with Gasteiger partial charge < -0.3 is 9.80 Å². The largest absolute Gasteiger partial charge is 0.331 e. The zero-order valence-electron chi connectivity index (χ0n) is 13.3. The van der Waals surface area contributed by atoms with Crippen molar-refractivity contribution in [3.8, 4) is 0 Å². The Morgan fingerprint density at radius 1 is 1.21 bits per heavy atom. The number of hydrogen-bond acceptors (Lipinski definition) is 3. The Balaban J connectivity index is 1.52. The molecule has 0 saturated carbocycles. The number of nitrogens with zero attached hydrogens (tertiary/aromatic N) is 1. The SMILES string of the molecule is O=C(Cc1ccc(Cl)c(Cl)c1)N1CC[NH+]([C@H]2CCS(=O)(=O)C2)CC1. The zero-order chi connectivity index (χ0) is 17.3. The van der Waals surface area contributed by atoms with E-state index in [0.717, 1.165) is 25.1 Å². The average Bonchev–Trinajstić information content (AvgIpc) is 2.91. The van der Waals surface area contributed by atoms with Crippen molar-refractivity contribution < 1.29 is 18.1 Å². The van der Waals surface area contributed by atoms with Crippen LogP contribution in [0.2, 0.25) is 10.0 Å². The van der Waals surface area contributed by atoms with Crippen LogP contribution in [-0.4, -0.2) is 63.0 Å². The normalized spacial score (nSPS) is 24.2. The topological polar surface area (TPSA) is 58.9 Å². The van der Waals surface area contributed by atoms with Gasteiger partial charge in [0.1, 0.15) is 11.8 Å². The summed E-state index contributed by atoms with van der Waals surface area (Å²) in [7, 11) is -2.85. The number of piperazine rings is 1. The monoisotopic (exact) mass is 391 g/mol. The lowest BCUT2D eigenvalue weighted by atomic mass is 10.1. The van der Waals surface area contributed by atoms with Gasteiger partial charge >= 0.3 is 0 Å². The number of quaternary nitrogens is 1. The fourth-order valence-corrected chi connectivity index (χ4v) is 5.65. The third-order valence-electron chi connectivity index (χ3n) is 4.91. The molecule has 2 aliphatic heterocycles. The molecule has 2 fully saturated rings. The second-order valence-electron chi connectivity index (χ2n) is 6.56. The van der Waals surface area contributed by atoms with Crippen LogP contribution < -0.4 is 4.90 Å². The van der Waals surface area contributed by atoms with Gasteiger partial charge in [0.25, 0.3) is 0 Å². The van der Waals surface area contributed by atoms with Gasteiger partial charge in [0.2, 0.25) is 5.91 Å². The first-order valence-electron chi connectivity index (χ1n) is 8.11. The Labute approximate surface area is 152 Å². The highest BCUT2D eigenvalue weighted by Crippen LogP contribution is 2.23. The van der Waals surface area contributed by atoms with Gasteiger partial charge in [-0.15, -0.1) is 0 Å². The summed E-state index contributed by atoms with van der Waals surface area (Å²) in [6.07, 6.45) is 1.05. The molecule has 2 saturated heterocycles. The van der Waals surface area contributed by atoms with E-state index in [-0.39, 0.29) is 11.9 Å². The van der Waals surface area contributed by atoms with Crippen LogP contribution in [0.5, 0.6) is 0 Å². The standard InChI is InChI=1S/C16H20Cl2N2O3S/c17-14-2-1-12(9-15(14)18)10-16(21)20-6-4-19(5-7-20)13-3-8-24(22,23)11-13/h1-2,9,13H,3-8,10-11H2/p+1/t13-/m0/s1. The first-order valence-corrected chi connectivity index (χ1v) is 10.7. The highest BCUT2D eigenvalue weighted by atomic mass is 35.5. The van der Waals surface area contributed by atoms with Crippen LogP contribution in [0.15, 0.2) is 18.2 Å². The minimum Gasteiger partial charge on any atom is -0.331 e. The number of amides is 1. The fourth-order valence-electron chi connectivity index (χ4n) is 3.50. The number of halogens is 2. The molecule has 24 heavy (non-hydrogen) atoms. The summed E-state index contributed by atoms with van der Waals surface area (Å²) in [6, 6.07) is 5.45. The zero-order valence-corrected chi connectivity index (χ0v) is 15.6. The molecule has 2 heterocycles. The molecule has 132 valence electrons. The van der Waals surface area contributed by atoms with Gasteiger partial charge in [-0.3, -0.25) is 4.79 Å². The maximum Gasteiger partial charge on any atom is 0.227 e. The van der Waals surface area contributed by atoms with Crippen molar-refractivity contribution in [1.29, 1.82) is 0 Å². The van der Waals surface area contributed by atoms with E-state index in [1.54, 1.807) is 12.1 Å². The van der Waals surface area contributed by atoms with Crippen molar-refractivity contribution in [2.45, 2.75) is 18.9 Å². The molecule has 5 nitrogen and oxygen atoms in total. The Bertz CT molecular complexity index is 731. The quantitative estimate of drug-likeness (QED) is 0.813. The molecule has 0 aliphatic carbocycles. The van der Waals surface area contributed by atoms with Crippen molar-refractivity contribution in [1.82, 2.24) is 4.90 Å². The van der Waals surface area contributed by atoms with E-state index in [9.17, 15) is 13.2 Å². The van der Waals surface area contributed by atoms with E-state index in [4.69, 9.17) is 23.2 Å². The van der Waals surface area contributed by atoms with Gasteiger partial charge in [0, 0.05) is 6.42 Å². The van der Waals surface area contributed by atoms with Crippen LogP contribution in [0.4, 0.5) is 0 Å². The molecule has 1 aromatic rings. The molecular weight excluding hydrogens is 371 g/mol. The number of nitrogens with one attached hydrogen (secondary N) is 1. The summed E-state index contributed by atoms with van der Waals surface area (Å²) in [5, 5.41) is 0.940. The number of rotatable bonds is 3. The Morgan fingerprint density at radius 3 is 2.50 bits per heavy atom. The smallest absolute Gasteiger partial charge is 0.227 e. The molecule has 2 aliphatic rings. The lowest BCUT2D eigenvalue weighted by Crippen LogP contribution is -3.18. The predicted molar refractivity (Wildman–Crippen MR) is 94.5 cm³/mol. The van der Waals surface area contributed by atoms with Gasteiger partial charge in [-0.1, -0.05) is 29.3 Å². The number of carbonyl (C=O) groups excluding carboxylic acids is 1. The van der Waals surface area contributed by atoms with Crippen molar-refractivity contribution >= 4 is 38.9 Å². The van der Waals surface area contributed by atoms with Gasteiger partial charge in [-0.05, 0) is 17.7 Å². The molecule has 0 unspecified atom stereocenters. The molecule has 0 aromatic heterocycles. The molecule has 0 radical (unpaired) electrons. The van der Waals surface area contributed by atoms with Crippen LogP contribution >= 0.6 is 23.2 Å². The second-order valence-corrected chi connectivity index (χ2v) is 9.61.